The number of amides is 1. The van der Waals surface area contributed by atoms with Gasteiger partial charge in [0.25, 0.3) is 15.9 Å². The number of nitrogens with zero attached hydrogens (tertiary/aromatic N) is 6. The Morgan fingerprint density at radius 1 is 0.925 bits per heavy atom. The maximum absolute atomic E-state index is 14.0. The Labute approximate surface area is 392 Å². The van der Waals surface area contributed by atoms with Crippen molar-refractivity contribution in [1.82, 2.24) is 24.6 Å². The second-order valence-corrected chi connectivity index (χ2v) is 24.0. The third kappa shape index (κ3) is 9.88. The van der Waals surface area contributed by atoms with Crippen molar-refractivity contribution in [1.29, 1.82) is 0 Å². The topological polar surface area (TPSA) is 205 Å². The molecule has 1 atom stereocenters. The van der Waals surface area contributed by atoms with Gasteiger partial charge >= 0.3 is 5.69 Å². The molecule has 18 heteroatoms. The highest BCUT2D eigenvalue weighted by atomic mass is 32.2. The zero-order valence-corrected chi connectivity index (χ0v) is 39.7. The number of nitrogens with one attached hydrogen (secondary N) is 3. The van der Waals surface area contributed by atoms with Crippen molar-refractivity contribution < 1.29 is 27.1 Å². The van der Waals surface area contributed by atoms with Crippen LogP contribution in [0.4, 0.5) is 17.2 Å². The van der Waals surface area contributed by atoms with Crippen molar-refractivity contribution in [3.63, 3.8) is 0 Å². The second kappa shape index (κ2) is 18.1. The number of carbonyl (C=O) groups excluding carboxylic acids is 1. The Kier molecular flexibility index (Phi) is 12.2. The van der Waals surface area contributed by atoms with Crippen LogP contribution >= 0.6 is 0 Å². The van der Waals surface area contributed by atoms with E-state index in [0.717, 1.165) is 80.9 Å². The highest BCUT2D eigenvalue weighted by Crippen LogP contribution is 2.55. The number of benzene rings is 2. The van der Waals surface area contributed by atoms with E-state index in [1.54, 1.807) is 48.0 Å². The van der Waals surface area contributed by atoms with Gasteiger partial charge in [0.15, 0.2) is 0 Å². The predicted molar refractivity (Wildman–Crippen MR) is 259 cm³/mol. The molecular formula is C49H59N9O7S2. The summed E-state index contributed by atoms with van der Waals surface area (Å²) >= 11 is 0. The first-order valence-electron chi connectivity index (χ1n) is 23.7. The Morgan fingerprint density at radius 2 is 1.69 bits per heavy atom. The Morgan fingerprint density at radius 3 is 2.42 bits per heavy atom. The SMILES string of the molecule is CS(C)(=O)=N[C@H]1CC[C@@H](CNc2ncc(S(=O)(=O)NC(=O)c3ccc(N4CCC5(CC4)CC(N4CCC[C@H]4c4ccccc4C4CC4)C5)cc3Oc3cnc4[nH]ccc4c3)cc2[N+](=O)[O-])CC1. The minimum Gasteiger partial charge on any atom is -0.455 e. The number of piperidine rings is 1. The van der Waals surface area contributed by atoms with Crippen LogP contribution in [0.15, 0.2) is 88.5 Å². The fourth-order valence-electron chi connectivity index (χ4n) is 11.2. The summed E-state index contributed by atoms with van der Waals surface area (Å²) in [6.45, 7) is 3.23. The first-order chi connectivity index (χ1) is 32.2. The van der Waals surface area contributed by atoms with E-state index in [2.05, 4.69) is 63.4 Å². The van der Waals surface area contributed by atoms with Gasteiger partial charge in [-0.2, -0.15) is 0 Å². The summed E-state index contributed by atoms with van der Waals surface area (Å²) in [4.78, 5) is 41.7. The van der Waals surface area contributed by atoms with Crippen LogP contribution in [0.5, 0.6) is 11.5 Å². The molecule has 5 aliphatic rings. The molecular weight excluding hydrogens is 891 g/mol. The lowest BCUT2D eigenvalue weighted by atomic mass is 9.59. The zero-order valence-electron chi connectivity index (χ0n) is 38.1. The largest absolute Gasteiger partial charge is 0.455 e. The van der Waals surface area contributed by atoms with Gasteiger partial charge in [0.2, 0.25) is 5.82 Å². The second-order valence-electron chi connectivity index (χ2n) is 19.8. The lowest BCUT2D eigenvalue weighted by Gasteiger charge is -2.56. The van der Waals surface area contributed by atoms with Gasteiger partial charge in [-0.25, -0.2) is 27.5 Å². The van der Waals surface area contributed by atoms with E-state index in [1.807, 2.05) is 12.1 Å². The van der Waals surface area contributed by atoms with Crippen molar-refractivity contribution in [3.05, 3.63) is 106 Å². The molecule has 3 aromatic heterocycles. The molecule has 5 heterocycles. The highest BCUT2D eigenvalue weighted by Gasteiger charge is 2.50. The van der Waals surface area contributed by atoms with Crippen LogP contribution in [0.1, 0.15) is 110 Å². The standard InChI is InChI=1S/C49H59N9O7S2/c1-66(2,62)54-35-13-9-32(10-14-35)29-51-47-44(58(60)61)26-39(31-53-47)67(63,64)55-48(59)42-16-15-36(25-45(42)65-38-24-34-17-20-50-46(34)52-30-38)56-22-18-49(19-23-56)27-37(28-49)57-21-5-8-43(57)41-7-4-3-6-40(41)33-11-12-33/h3-4,6-7,15-17,20,24-26,30-33,35,37,43H,5,8-14,18-19,21-23,27-29H2,1-2H3,(H,50,52)(H,51,53)(H,55,59)/t32-,35+,43-/m0/s1. The summed E-state index contributed by atoms with van der Waals surface area (Å²) in [6.07, 6.45) is 20.3. The molecule has 0 bridgehead atoms. The molecule has 67 heavy (non-hydrogen) atoms. The monoisotopic (exact) mass is 949 g/mol. The van der Waals surface area contributed by atoms with Gasteiger partial charge in [0.1, 0.15) is 22.0 Å². The van der Waals surface area contributed by atoms with Gasteiger partial charge in [0.05, 0.1) is 28.9 Å². The van der Waals surface area contributed by atoms with Crippen LogP contribution in [-0.2, 0) is 19.8 Å². The molecule has 3 saturated carbocycles. The Bertz CT molecular complexity index is 2920. The van der Waals surface area contributed by atoms with E-state index in [4.69, 9.17) is 4.74 Å². The molecule has 3 N–H and O–H groups in total. The van der Waals surface area contributed by atoms with Gasteiger partial charge in [0, 0.05) is 83.4 Å². The van der Waals surface area contributed by atoms with Crippen LogP contribution in [0, 0.1) is 21.4 Å². The number of rotatable bonds is 14. The number of nitro groups is 1. The van der Waals surface area contributed by atoms with Crippen molar-refractivity contribution in [3.8, 4) is 11.5 Å². The van der Waals surface area contributed by atoms with Gasteiger partial charge in [-0.3, -0.25) is 24.0 Å². The lowest BCUT2D eigenvalue weighted by molar-refractivity contribution is -0.384. The van der Waals surface area contributed by atoms with E-state index < -0.39 is 41.2 Å². The molecule has 5 fully saturated rings. The van der Waals surface area contributed by atoms with E-state index in [0.29, 0.717) is 35.4 Å². The minimum absolute atomic E-state index is 0.0229. The molecule has 3 aliphatic carbocycles. The number of hydrogen-bond acceptors (Lipinski definition) is 13. The summed E-state index contributed by atoms with van der Waals surface area (Å²) in [5.74, 6) is 0.379. The molecule has 1 spiro atoms. The molecule has 2 aliphatic heterocycles. The number of H-pyrrole nitrogens is 1. The lowest BCUT2D eigenvalue weighted by Crippen LogP contribution is -2.54. The number of anilines is 2. The maximum Gasteiger partial charge on any atom is 0.312 e. The summed E-state index contributed by atoms with van der Waals surface area (Å²) in [5, 5.41) is 16.0. The average molecular weight is 950 g/mol. The molecule has 16 nitrogen and oxygen atoms in total. The zero-order chi connectivity index (χ0) is 46.5. The summed E-state index contributed by atoms with van der Waals surface area (Å²) < 4.78 is 52.6. The summed E-state index contributed by atoms with van der Waals surface area (Å²) in [6, 6.07) is 20.0. The highest BCUT2D eigenvalue weighted by molar-refractivity contribution is 7.92. The number of pyridine rings is 2. The first-order valence-corrected chi connectivity index (χ1v) is 27.5. The van der Waals surface area contributed by atoms with Crippen molar-refractivity contribution in [2.75, 3.05) is 48.9 Å². The number of carbonyl (C=O) groups is 1. The number of aromatic amines is 1. The van der Waals surface area contributed by atoms with Gasteiger partial charge in [-0.05, 0) is 136 Å². The molecule has 1 amide bonds. The van der Waals surface area contributed by atoms with Crippen LogP contribution in [0.3, 0.4) is 0 Å². The third-order valence-electron chi connectivity index (χ3n) is 14.8. The molecule has 10 rings (SSSR count). The fraction of sp³-hybridized carbons (Fsp3) is 0.490. The normalized spacial score (nSPS) is 22.4. The van der Waals surface area contributed by atoms with Crippen LogP contribution in [-0.4, -0.2) is 94.1 Å². The summed E-state index contributed by atoms with van der Waals surface area (Å²) in [7, 11) is -6.84. The smallest absolute Gasteiger partial charge is 0.312 e. The van der Waals surface area contributed by atoms with Gasteiger partial charge < -0.3 is 19.9 Å². The van der Waals surface area contributed by atoms with Crippen LogP contribution < -0.4 is 19.7 Å². The molecule has 2 saturated heterocycles. The first kappa shape index (κ1) is 45.2. The van der Waals surface area contributed by atoms with Gasteiger partial charge in [-0.1, -0.05) is 24.3 Å². The number of hydrogen-bond donors (Lipinski definition) is 3. The fourth-order valence-corrected chi connectivity index (χ4v) is 13.1. The van der Waals surface area contributed by atoms with Gasteiger partial charge in [-0.15, -0.1) is 0 Å². The number of aromatic nitrogens is 3. The van der Waals surface area contributed by atoms with Crippen LogP contribution in [0.25, 0.3) is 11.0 Å². The molecule has 354 valence electrons. The minimum atomic E-state index is -4.64. The predicted octanol–water partition coefficient (Wildman–Crippen LogP) is 8.94. The number of ether oxygens (including phenoxy) is 1. The quantitative estimate of drug-likeness (QED) is 0.0705. The van der Waals surface area contributed by atoms with E-state index in [9.17, 15) is 27.5 Å². The number of sulfonamides is 1. The summed E-state index contributed by atoms with van der Waals surface area (Å²) in [5.41, 5.74) is 4.38. The third-order valence-corrected chi connectivity index (χ3v) is 16.9. The molecule has 5 aromatic rings. The Hall–Kier alpha value is -5.59. The van der Waals surface area contributed by atoms with E-state index in [-0.39, 0.29) is 29.1 Å². The van der Waals surface area contributed by atoms with E-state index in [1.165, 1.54) is 51.3 Å². The van der Waals surface area contributed by atoms with Crippen molar-refractivity contribution in [2.45, 2.75) is 106 Å². The number of likely N-dealkylation sites (tertiary alicyclic amines) is 1. The average Bonchev–Trinajstić information content (AvgIpc) is 3.84. The van der Waals surface area contributed by atoms with E-state index >= 15 is 0 Å². The number of fused-ring (bicyclic) bond motifs is 1. The molecule has 0 unspecified atom stereocenters. The molecule has 0 radical (unpaired) electrons. The van der Waals surface area contributed by atoms with Crippen LogP contribution in [0.2, 0.25) is 0 Å². The van der Waals surface area contributed by atoms with Crippen molar-refractivity contribution >= 4 is 53.9 Å². The maximum atomic E-state index is 14.0. The van der Waals surface area contributed by atoms with Crippen molar-refractivity contribution in [2.24, 2.45) is 15.7 Å². The Balaban J connectivity index is 0.819. The molecule has 2 aromatic carbocycles.